The quantitative estimate of drug-likeness (QED) is 0.260. The van der Waals surface area contributed by atoms with E-state index in [9.17, 15) is 5.11 Å². The van der Waals surface area contributed by atoms with Crippen LogP contribution in [0.25, 0.3) is 18.2 Å². The summed E-state index contributed by atoms with van der Waals surface area (Å²) in [7, 11) is 0. The van der Waals surface area contributed by atoms with Crippen molar-refractivity contribution in [3.8, 4) is 11.5 Å². The van der Waals surface area contributed by atoms with Crippen LogP contribution in [0.3, 0.4) is 0 Å². The first kappa shape index (κ1) is 24.1. The van der Waals surface area contributed by atoms with E-state index in [0.717, 1.165) is 34.4 Å². The number of aryl methyl sites for hydroxylation is 1. The van der Waals surface area contributed by atoms with Crippen LogP contribution < -0.4 is 4.74 Å². The zero-order valence-electron chi connectivity index (χ0n) is 19.6. The lowest BCUT2D eigenvalue weighted by atomic mass is 10.1. The van der Waals surface area contributed by atoms with Crippen LogP contribution in [0, 0.1) is 6.92 Å². The van der Waals surface area contributed by atoms with Gasteiger partial charge in [0.25, 0.3) is 0 Å². The van der Waals surface area contributed by atoms with E-state index in [-0.39, 0.29) is 12.0 Å². The number of hydrogen-bond acceptors (Lipinski definition) is 3. The average molecular weight is 441 g/mol. The first-order valence-electron chi connectivity index (χ1n) is 11.4. The van der Waals surface area contributed by atoms with Crippen LogP contribution in [0.5, 0.6) is 11.5 Å². The summed E-state index contributed by atoms with van der Waals surface area (Å²) in [5.74, 6) is 1.03. The van der Waals surface area contributed by atoms with Gasteiger partial charge in [-0.3, -0.25) is 0 Å². The van der Waals surface area contributed by atoms with Crippen molar-refractivity contribution < 1.29 is 14.6 Å². The van der Waals surface area contributed by atoms with E-state index in [1.807, 2.05) is 56.3 Å². The minimum absolute atomic E-state index is 0.249. The molecule has 0 aromatic heterocycles. The molecule has 0 aliphatic rings. The second-order valence-corrected chi connectivity index (χ2v) is 7.80. The minimum atomic E-state index is -0.249. The molecule has 0 bridgehead atoms. The van der Waals surface area contributed by atoms with E-state index in [1.54, 1.807) is 12.1 Å². The van der Waals surface area contributed by atoms with Crippen molar-refractivity contribution in [1.82, 2.24) is 0 Å². The number of allylic oxidation sites excluding steroid dienone is 3. The third-order valence-electron chi connectivity index (χ3n) is 5.03. The Morgan fingerprint density at radius 3 is 2.24 bits per heavy atom. The predicted octanol–water partition coefficient (Wildman–Crippen LogP) is 7.66. The Bertz CT molecular complexity index is 1110. The lowest BCUT2D eigenvalue weighted by Crippen LogP contribution is -2.19. The Hall–Kier alpha value is -3.56. The maximum atomic E-state index is 9.76. The van der Waals surface area contributed by atoms with Gasteiger partial charge in [0.05, 0.1) is 0 Å². The Kier molecular flexibility index (Phi) is 9.10. The molecule has 1 unspecified atom stereocenters. The Labute approximate surface area is 197 Å². The highest BCUT2D eigenvalue weighted by molar-refractivity contribution is 5.69. The van der Waals surface area contributed by atoms with Crippen LogP contribution in [-0.2, 0) is 4.74 Å². The molecule has 1 N–H and O–H groups in total. The molecular formula is C30H32O3. The number of phenols is 1. The summed E-state index contributed by atoms with van der Waals surface area (Å²) in [6.45, 7) is 6.72. The van der Waals surface area contributed by atoms with Crippen LogP contribution in [0.15, 0.2) is 90.5 Å². The fourth-order valence-corrected chi connectivity index (χ4v) is 3.29. The van der Waals surface area contributed by atoms with E-state index >= 15 is 0 Å². The fourth-order valence-electron chi connectivity index (χ4n) is 3.29. The second kappa shape index (κ2) is 12.5. The van der Waals surface area contributed by atoms with Crippen molar-refractivity contribution in [3.05, 3.63) is 113 Å². The van der Waals surface area contributed by atoms with E-state index in [4.69, 9.17) is 9.47 Å². The molecule has 0 aliphatic heterocycles. The van der Waals surface area contributed by atoms with Crippen LogP contribution >= 0.6 is 0 Å². The van der Waals surface area contributed by atoms with Crippen LogP contribution in [0.2, 0.25) is 0 Å². The van der Waals surface area contributed by atoms with Gasteiger partial charge < -0.3 is 14.6 Å². The van der Waals surface area contributed by atoms with Crippen molar-refractivity contribution >= 4 is 18.2 Å². The van der Waals surface area contributed by atoms with Gasteiger partial charge in [0.2, 0.25) is 0 Å². The summed E-state index contributed by atoms with van der Waals surface area (Å²) in [6.07, 6.45) is 10.9. The number of aromatic hydroxyl groups is 1. The third kappa shape index (κ3) is 8.13. The summed E-state index contributed by atoms with van der Waals surface area (Å²) in [4.78, 5) is 0. The Morgan fingerprint density at radius 1 is 0.848 bits per heavy atom. The molecule has 0 spiro atoms. The smallest absolute Gasteiger partial charge is 0.199 e. The Morgan fingerprint density at radius 2 is 1.55 bits per heavy atom. The van der Waals surface area contributed by atoms with Crippen molar-refractivity contribution in [2.75, 3.05) is 6.61 Å². The maximum absolute atomic E-state index is 9.76. The molecule has 3 heteroatoms. The lowest BCUT2D eigenvalue weighted by molar-refractivity contribution is -0.0766. The number of hydrogen-bond donors (Lipinski definition) is 1. The zero-order chi connectivity index (χ0) is 23.5. The van der Waals surface area contributed by atoms with Gasteiger partial charge in [0.1, 0.15) is 11.5 Å². The molecule has 3 aromatic rings. The van der Waals surface area contributed by atoms with Crippen molar-refractivity contribution in [2.45, 2.75) is 33.5 Å². The molecule has 0 saturated carbocycles. The largest absolute Gasteiger partial charge is 0.508 e. The third-order valence-corrected chi connectivity index (χ3v) is 5.03. The number of phenolic OH excluding ortho intramolecular Hbond substituents is 1. The summed E-state index contributed by atoms with van der Waals surface area (Å²) in [5.41, 5.74) is 5.36. The molecule has 33 heavy (non-hydrogen) atoms. The highest BCUT2D eigenvalue weighted by Gasteiger charge is 2.07. The van der Waals surface area contributed by atoms with E-state index < -0.39 is 0 Å². The molecule has 0 fully saturated rings. The SMILES string of the molecule is CCOC(CC)Oc1cccc(C=C(C=Cc2ccc(C)cc2)C=Cc2cccc(O)c2)c1. The van der Waals surface area contributed by atoms with Gasteiger partial charge in [0.15, 0.2) is 6.29 Å². The van der Waals surface area contributed by atoms with Gasteiger partial charge in [-0.2, -0.15) is 0 Å². The summed E-state index contributed by atoms with van der Waals surface area (Å²) in [6, 6.07) is 23.6. The molecule has 3 rings (SSSR count). The average Bonchev–Trinajstić information content (AvgIpc) is 2.82. The van der Waals surface area contributed by atoms with Gasteiger partial charge in [-0.1, -0.05) is 85.3 Å². The molecular weight excluding hydrogens is 408 g/mol. The van der Waals surface area contributed by atoms with E-state index in [1.165, 1.54) is 5.56 Å². The highest BCUT2D eigenvalue weighted by atomic mass is 16.7. The molecule has 170 valence electrons. The molecule has 3 nitrogen and oxygen atoms in total. The standard InChI is InChI=1S/C30H32O3/c1-4-30(32-5-2)33-29-11-7-9-27(22-29)20-26(17-16-24-14-12-23(3)13-15-24)19-18-25-8-6-10-28(31)21-25/h6-22,30-31H,4-5H2,1-3H3. The van der Waals surface area contributed by atoms with Gasteiger partial charge in [-0.05, 0) is 66.5 Å². The minimum Gasteiger partial charge on any atom is -0.508 e. The van der Waals surface area contributed by atoms with E-state index in [2.05, 4.69) is 55.5 Å². The maximum Gasteiger partial charge on any atom is 0.199 e. The summed E-state index contributed by atoms with van der Waals surface area (Å²) in [5, 5.41) is 9.76. The topological polar surface area (TPSA) is 38.7 Å². The Balaban J connectivity index is 1.89. The van der Waals surface area contributed by atoms with Crippen LogP contribution in [0.1, 0.15) is 42.5 Å². The van der Waals surface area contributed by atoms with Crippen molar-refractivity contribution in [2.24, 2.45) is 0 Å². The van der Waals surface area contributed by atoms with Gasteiger partial charge in [-0.25, -0.2) is 0 Å². The molecule has 0 aliphatic carbocycles. The van der Waals surface area contributed by atoms with Gasteiger partial charge in [0, 0.05) is 13.0 Å². The van der Waals surface area contributed by atoms with E-state index in [0.29, 0.717) is 6.61 Å². The molecule has 0 heterocycles. The second-order valence-electron chi connectivity index (χ2n) is 7.80. The normalized spacial score (nSPS) is 13.0. The van der Waals surface area contributed by atoms with Gasteiger partial charge in [-0.15, -0.1) is 0 Å². The zero-order valence-corrected chi connectivity index (χ0v) is 19.6. The number of ether oxygens (including phenoxy) is 2. The molecule has 1 atom stereocenters. The highest BCUT2D eigenvalue weighted by Crippen LogP contribution is 2.21. The van der Waals surface area contributed by atoms with Crippen molar-refractivity contribution in [3.63, 3.8) is 0 Å². The van der Waals surface area contributed by atoms with Crippen molar-refractivity contribution in [1.29, 1.82) is 0 Å². The molecule has 0 radical (unpaired) electrons. The number of benzene rings is 3. The van der Waals surface area contributed by atoms with Crippen LogP contribution in [-0.4, -0.2) is 18.0 Å². The molecule has 3 aromatic carbocycles. The molecule has 0 saturated heterocycles. The monoisotopic (exact) mass is 440 g/mol. The first-order valence-corrected chi connectivity index (χ1v) is 11.4. The van der Waals surface area contributed by atoms with Gasteiger partial charge >= 0.3 is 0 Å². The summed E-state index contributed by atoms with van der Waals surface area (Å²) >= 11 is 0. The predicted molar refractivity (Wildman–Crippen MR) is 138 cm³/mol. The lowest BCUT2D eigenvalue weighted by Gasteiger charge is -2.17. The molecule has 0 amide bonds. The van der Waals surface area contributed by atoms with Crippen LogP contribution in [0.4, 0.5) is 0 Å². The number of rotatable bonds is 10. The fraction of sp³-hybridized carbons (Fsp3) is 0.200. The first-order chi connectivity index (χ1) is 16.1. The summed E-state index contributed by atoms with van der Waals surface area (Å²) < 4.78 is 11.6.